The number of hydrogen-bond donors (Lipinski definition) is 1. The molecule has 0 saturated heterocycles. The monoisotopic (exact) mass is 151 g/mol. The molecule has 0 saturated carbocycles. The van der Waals surface area contributed by atoms with E-state index in [4.69, 9.17) is 5.73 Å². The van der Waals surface area contributed by atoms with Crippen molar-refractivity contribution in [3.05, 3.63) is 30.6 Å². The summed E-state index contributed by atoms with van der Waals surface area (Å²) in [4.78, 5) is 0. The first-order chi connectivity index (χ1) is 5.38. The van der Waals surface area contributed by atoms with E-state index in [-0.39, 0.29) is 0 Å². The van der Waals surface area contributed by atoms with Gasteiger partial charge in [0.25, 0.3) is 0 Å². The summed E-state index contributed by atoms with van der Waals surface area (Å²) in [6.45, 7) is 5.08. The molecule has 0 spiro atoms. The van der Waals surface area contributed by atoms with Crippen LogP contribution in [0.25, 0.3) is 0 Å². The molecule has 1 rings (SSSR count). The molecule has 1 aromatic rings. The summed E-state index contributed by atoms with van der Waals surface area (Å²) in [7, 11) is 0. The predicted molar refractivity (Wildman–Crippen MR) is 45.2 cm³/mol. The van der Waals surface area contributed by atoms with Gasteiger partial charge in [0.05, 0.1) is 6.54 Å². The normalized spacial score (nSPS) is 9.91. The average Bonchev–Trinajstić information content (AvgIpc) is 2.39. The summed E-state index contributed by atoms with van der Waals surface area (Å²) >= 11 is 0. The van der Waals surface area contributed by atoms with E-state index in [2.05, 4.69) is 11.7 Å². The maximum atomic E-state index is 5.42. The lowest BCUT2D eigenvalue weighted by molar-refractivity contribution is 0.655. The molecule has 0 aromatic carbocycles. The van der Waals surface area contributed by atoms with Crippen LogP contribution >= 0.6 is 0 Å². The van der Waals surface area contributed by atoms with E-state index in [0.29, 0.717) is 6.54 Å². The molecular weight excluding hydrogens is 138 g/mol. The summed E-state index contributed by atoms with van der Waals surface area (Å²) in [6.07, 6.45) is 4.50. The summed E-state index contributed by atoms with van der Waals surface area (Å²) < 4.78 is 1.90. The van der Waals surface area contributed by atoms with Crippen LogP contribution in [0.2, 0.25) is 0 Å². The van der Waals surface area contributed by atoms with E-state index < -0.39 is 0 Å². The van der Waals surface area contributed by atoms with Crippen LogP contribution < -0.4 is 5.73 Å². The maximum absolute atomic E-state index is 5.42. The Hall–Kier alpha value is -1.09. The third-order valence-corrected chi connectivity index (χ3v) is 1.51. The second-order valence-corrected chi connectivity index (χ2v) is 2.33. The van der Waals surface area contributed by atoms with Gasteiger partial charge in [-0.3, -0.25) is 4.68 Å². The van der Waals surface area contributed by atoms with Crippen molar-refractivity contribution in [2.24, 2.45) is 5.73 Å². The maximum Gasteiger partial charge on any atom is 0.0590 e. The Labute approximate surface area is 66.5 Å². The van der Waals surface area contributed by atoms with Crippen molar-refractivity contribution in [3.63, 3.8) is 0 Å². The van der Waals surface area contributed by atoms with Gasteiger partial charge < -0.3 is 5.73 Å². The quantitative estimate of drug-likeness (QED) is 0.639. The highest BCUT2D eigenvalue weighted by Crippen LogP contribution is 1.98. The Kier molecular flexibility index (Phi) is 2.86. The molecule has 0 aliphatic heterocycles. The van der Waals surface area contributed by atoms with Gasteiger partial charge in [-0.05, 0) is 12.6 Å². The van der Waals surface area contributed by atoms with Gasteiger partial charge in [-0.25, -0.2) is 0 Å². The first-order valence-electron chi connectivity index (χ1n) is 3.70. The van der Waals surface area contributed by atoms with Gasteiger partial charge in [0.2, 0.25) is 0 Å². The van der Waals surface area contributed by atoms with Crippen molar-refractivity contribution >= 4 is 0 Å². The van der Waals surface area contributed by atoms with Crippen molar-refractivity contribution < 1.29 is 0 Å². The Bertz CT molecular complexity index is 227. The first kappa shape index (κ1) is 8.01. The minimum absolute atomic E-state index is 0.669. The Morgan fingerprint density at radius 1 is 1.73 bits per heavy atom. The van der Waals surface area contributed by atoms with Gasteiger partial charge in [-0.1, -0.05) is 6.08 Å². The molecule has 3 nitrogen and oxygen atoms in total. The van der Waals surface area contributed by atoms with Gasteiger partial charge in [-0.2, -0.15) is 5.10 Å². The number of rotatable bonds is 4. The molecule has 11 heavy (non-hydrogen) atoms. The summed E-state index contributed by atoms with van der Waals surface area (Å²) in [5.41, 5.74) is 6.59. The second-order valence-electron chi connectivity index (χ2n) is 2.33. The van der Waals surface area contributed by atoms with Crippen molar-refractivity contribution in [1.29, 1.82) is 0 Å². The van der Waals surface area contributed by atoms with Crippen LogP contribution in [-0.2, 0) is 13.0 Å². The molecule has 0 aliphatic carbocycles. The minimum Gasteiger partial charge on any atom is -0.330 e. The second kappa shape index (κ2) is 3.93. The molecule has 0 amide bonds. The number of allylic oxidation sites excluding steroid dienone is 1. The Morgan fingerprint density at radius 2 is 2.55 bits per heavy atom. The van der Waals surface area contributed by atoms with Gasteiger partial charge in [0, 0.05) is 18.3 Å². The third kappa shape index (κ3) is 1.91. The molecule has 3 heteroatoms. The zero-order valence-electron chi connectivity index (χ0n) is 6.53. The number of nitrogens with zero attached hydrogens (tertiary/aromatic N) is 2. The fraction of sp³-hybridized carbons (Fsp3) is 0.375. The van der Waals surface area contributed by atoms with Crippen LogP contribution in [0, 0.1) is 0 Å². The van der Waals surface area contributed by atoms with Crippen LogP contribution in [0.1, 0.15) is 5.69 Å². The molecule has 0 fully saturated rings. The fourth-order valence-corrected chi connectivity index (χ4v) is 1.01. The molecule has 0 radical (unpaired) electrons. The van der Waals surface area contributed by atoms with Gasteiger partial charge >= 0.3 is 0 Å². The van der Waals surface area contributed by atoms with Crippen LogP contribution in [0.4, 0.5) is 0 Å². The fourth-order valence-electron chi connectivity index (χ4n) is 1.01. The standard InChI is InChI=1S/C8H13N3/c1-2-7-11-8(3-5-9)4-6-10-11/h2,4,6H,1,3,5,7,9H2. The molecule has 0 atom stereocenters. The van der Waals surface area contributed by atoms with Gasteiger partial charge in [-0.15, -0.1) is 6.58 Å². The lowest BCUT2D eigenvalue weighted by Gasteiger charge is -2.01. The number of hydrogen-bond acceptors (Lipinski definition) is 2. The predicted octanol–water partition coefficient (Wildman–Crippen LogP) is 0.570. The Balaban J connectivity index is 2.69. The molecular formula is C8H13N3. The topological polar surface area (TPSA) is 43.8 Å². The van der Waals surface area contributed by atoms with Crippen molar-refractivity contribution in [1.82, 2.24) is 9.78 Å². The molecule has 1 aromatic heterocycles. The van der Waals surface area contributed by atoms with Gasteiger partial charge in [0.15, 0.2) is 0 Å². The lowest BCUT2D eigenvalue weighted by atomic mass is 10.3. The summed E-state index contributed by atoms with van der Waals surface area (Å²) in [5, 5.41) is 4.11. The molecule has 0 bridgehead atoms. The van der Waals surface area contributed by atoms with E-state index in [1.165, 1.54) is 5.69 Å². The SMILES string of the molecule is C=CCn1nccc1CCN. The smallest absolute Gasteiger partial charge is 0.0590 e. The molecule has 60 valence electrons. The molecule has 2 N–H and O–H groups in total. The third-order valence-electron chi connectivity index (χ3n) is 1.51. The van der Waals surface area contributed by atoms with E-state index >= 15 is 0 Å². The molecule has 0 unspecified atom stereocenters. The highest BCUT2D eigenvalue weighted by Gasteiger charge is 1.97. The van der Waals surface area contributed by atoms with Crippen molar-refractivity contribution in [3.8, 4) is 0 Å². The largest absolute Gasteiger partial charge is 0.330 e. The summed E-state index contributed by atoms with van der Waals surface area (Å²) in [6, 6.07) is 1.98. The lowest BCUT2D eigenvalue weighted by Crippen LogP contribution is -2.09. The van der Waals surface area contributed by atoms with Crippen LogP contribution in [0.15, 0.2) is 24.9 Å². The zero-order valence-corrected chi connectivity index (χ0v) is 6.53. The van der Waals surface area contributed by atoms with E-state index in [1.54, 1.807) is 6.20 Å². The van der Waals surface area contributed by atoms with Crippen LogP contribution in [0.5, 0.6) is 0 Å². The average molecular weight is 151 g/mol. The highest BCUT2D eigenvalue weighted by molar-refractivity contribution is 5.01. The van der Waals surface area contributed by atoms with E-state index in [1.807, 2.05) is 16.8 Å². The van der Waals surface area contributed by atoms with Crippen molar-refractivity contribution in [2.75, 3.05) is 6.54 Å². The Morgan fingerprint density at radius 3 is 3.18 bits per heavy atom. The zero-order chi connectivity index (χ0) is 8.10. The van der Waals surface area contributed by atoms with E-state index in [0.717, 1.165) is 13.0 Å². The van der Waals surface area contributed by atoms with Gasteiger partial charge in [0.1, 0.15) is 0 Å². The minimum atomic E-state index is 0.669. The summed E-state index contributed by atoms with van der Waals surface area (Å²) in [5.74, 6) is 0. The first-order valence-corrected chi connectivity index (χ1v) is 3.70. The van der Waals surface area contributed by atoms with Crippen LogP contribution in [-0.4, -0.2) is 16.3 Å². The van der Waals surface area contributed by atoms with Crippen molar-refractivity contribution in [2.45, 2.75) is 13.0 Å². The number of aromatic nitrogens is 2. The number of nitrogens with two attached hydrogens (primary N) is 1. The highest BCUT2D eigenvalue weighted by atomic mass is 15.3. The van der Waals surface area contributed by atoms with Crippen LogP contribution in [0.3, 0.4) is 0 Å². The molecule has 1 heterocycles. The molecule has 0 aliphatic rings. The van der Waals surface area contributed by atoms with E-state index in [9.17, 15) is 0 Å².